The summed E-state index contributed by atoms with van der Waals surface area (Å²) < 4.78 is 27.2. The molecule has 0 aliphatic heterocycles. The molecule has 8 heteroatoms. The molecule has 0 aromatic heterocycles. The molecule has 0 atom stereocenters. The molecule has 1 amide bonds. The highest BCUT2D eigenvalue weighted by molar-refractivity contribution is 7.93. The molecule has 3 rings (SSSR count). The van der Waals surface area contributed by atoms with E-state index in [0.717, 1.165) is 9.87 Å². The largest absolute Gasteiger partial charge is 0.506 e. The normalized spacial score (nSPS) is 11.1. The predicted molar refractivity (Wildman–Crippen MR) is 114 cm³/mol. The van der Waals surface area contributed by atoms with Gasteiger partial charge in [0.2, 0.25) is 0 Å². The molecule has 0 saturated heterocycles. The minimum atomic E-state index is -4.13. The molecule has 0 unspecified atom stereocenters. The maximum absolute atomic E-state index is 13.1. The van der Waals surface area contributed by atoms with Gasteiger partial charge in [0.05, 0.1) is 10.7 Å². The van der Waals surface area contributed by atoms with Gasteiger partial charge in [0.25, 0.3) is 15.9 Å². The summed E-state index contributed by atoms with van der Waals surface area (Å²) >= 11 is 6.15. The fourth-order valence-corrected chi connectivity index (χ4v) is 4.43. The van der Waals surface area contributed by atoms with E-state index in [0.29, 0.717) is 5.69 Å². The van der Waals surface area contributed by atoms with Crippen LogP contribution in [0.15, 0.2) is 71.6 Å². The Kier molecular flexibility index (Phi) is 5.81. The van der Waals surface area contributed by atoms with Crippen molar-refractivity contribution in [2.24, 2.45) is 0 Å². The lowest BCUT2D eigenvalue weighted by Gasteiger charge is -2.22. The third-order valence-corrected chi connectivity index (χ3v) is 6.59. The van der Waals surface area contributed by atoms with E-state index in [2.05, 4.69) is 5.32 Å². The number of nitrogens with zero attached hydrogens (tertiary/aromatic N) is 1. The summed E-state index contributed by atoms with van der Waals surface area (Å²) in [5, 5.41) is 12.8. The second kappa shape index (κ2) is 8.14. The molecule has 0 heterocycles. The number of sulfonamides is 1. The van der Waals surface area contributed by atoms with Crippen molar-refractivity contribution in [3.05, 3.63) is 82.9 Å². The summed E-state index contributed by atoms with van der Waals surface area (Å²) in [5.41, 5.74) is 1.61. The van der Waals surface area contributed by atoms with Gasteiger partial charge in [-0.15, -0.1) is 0 Å². The van der Waals surface area contributed by atoms with Crippen LogP contribution in [-0.4, -0.2) is 26.5 Å². The number of benzene rings is 3. The molecular formula is C21H19ClN2O4S. The van der Waals surface area contributed by atoms with Crippen LogP contribution in [-0.2, 0) is 10.0 Å². The molecule has 2 N–H and O–H groups in total. The van der Waals surface area contributed by atoms with E-state index >= 15 is 0 Å². The summed E-state index contributed by atoms with van der Waals surface area (Å²) in [6, 6.07) is 17.5. The van der Waals surface area contributed by atoms with E-state index in [9.17, 15) is 18.3 Å². The number of anilines is 2. The highest BCUT2D eigenvalue weighted by Crippen LogP contribution is 2.33. The van der Waals surface area contributed by atoms with Gasteiger partial charge in [-0.1, -0.05) is 35.9 Å². The van der Waals surface area contributed by atoms with Gasteiger partial charge >= 0.3 is 0 Å². The zero-order valence-electron chi connectivity index (χ0n) is 15.8. The van der Waals surface area contributed by atoms with Crippen LogP contribution < -0.4 is 9.62 Å². The zero-order valence-corrected chi connectivity index (χ0v) is 17.3. The molecular weight excluding hydrogens is 412 g/mol. The van der Waals surface area contributed by atoms with E-state index in [4.69, 9.17) is 11.6 Å². The van der Waals surface area contributed by atoms with Crippen molar-refractivity contribution in [1.82, 2.24) is 0 Å². The van der Waals surface area contributed by atoms with Crippen molar-refractivity contribution in [3.63, 3.8) is 0 Å². The first kappa shape index (κ1) is 20.7. The van der Waals surface area contributed by atoms with Crippen LogP contribution >= 0.6 is 11.6 Å². The summed E-state index contributed by atoms with van der Waals surface area (Å²) in [6.45, 7) is 1.78. The van der Waals surface area contributed by atoms with Crippen molar-refractivity contribution < 1.29 is 18.3 Å². The number of aryl methyl sites for hydroxylation is 1. The number of nitrogens with one attached hydrogen (secondary N) is 1. The van der Waals surface area contributed by atoms with Gasteiger partial charge < -0.3 is 10.4 Å². The van der Waals surface area contributed by atoms with Crippen LogP contribution in [0.3, 0.4) is 0 Å². The van der Waals surface area contributed by atoms with Crippen LogP contribution in [0.5, 0.6) is 5.75 Å². The van der Waals surface area contributed by atoms with Crippen molar-refractivity contribution in [2.75, 3.05) is 16.7 Å². The molecule has 0 aliphatic rings. The predicted octanol–water partition coefficient (Wildman–Crippen LogP) is 4.43. The number of carbonyl (C=O) groups is 1. The maximum atomic E-state index is 13.1. The standard InChI is InChI=1S/C21H19ClN2O4S/c1-14-8-11-19(25)18(12-14)24(2)29(27,28)20-13-15(9-10-17(20)22)21(26)23-16-6-4-3-5-7-16/h3-13,25H,1-2H3,(H,23,26). The number of phenols is 1. The molecule has 29 heavy (non-hydrogen) atoms. The van der Waals surface area contributed by atoms with Crippen LogP contribution in [0.4, 0.5) is 11.4 Å². The Morgan fingerprint density at radius 3 is 2.41 bits per heavy atom. The summed E-state index contributed by atoms with van der Waals surface area (Å²) in [6.07, 6.45) is 0. The van der Waals surface area contributed by atoms with Crippen molar-refractivity contribution in [2.45, 2.75) is 11.8 Å². The first-order valence-electron chi connectivity index (χ1n) is 8.64. The van der Waals surface area contributed by atoms with Crippen molar-refractivity contribution in [3.8, 4) is 5.75 Å². The number of rotatable bonds is 5. The summed E-state index contributed by atoms with van der Waals surface area (Å²) in [4.78, 5) is 12.3. The quantitative estimate of drug-likeness (QED) is 0.626. The highest BCUT2D eigenvalue weighted by atomic mass is 35.5. The van der Waals surface area contributed by atoms with Gasteiger partial charge in [-0.2, -0.15) is 0 Å². The van der Waals surface area contributed by atoms with Crippen LogP contribution in [0, 0.1) is 6.92 Å². The number of amides is 1. The number of aromatic hydroxyl groups is 1. The molecule has 0 bridgehead atoms. The van der Waals surface area contributed by atoms with Gasteiger partial charge in [-0.05, 0) is 55.0 Å². The average molecular weight is 431 g/mol. The van der Waals surface area contributed by atoms with Gasteiger partial charge in [0, 0.05) is 18.3 Å². The third kappa shape index (κ3) is 4.36. The fourth-order valence-electron chi connectivity index (χ4n) is 2.73. The maximum Gasteiger partial charge on any atom is 0.265 e. The van der Waals surface area contributed by atoms with Crippen molar-refractivity contribution >= 4 is 38.9 Å². The average Bonchev–Trinajstić information content (AvgIpc) is 2.70. The third-order valence-electron chi connectivity index (χ3n) is 4.33. The van der Waals surface area contributed by atoms with Gasteiger partial charge in [-0.3, -0.25) is 9.10 Å². The Bertz CT molecular complexity index is 1160. The molecule has 0 spiro atoms. The highest BCUT2D eigenvalue weighted by Gasteiger charge is 2.27. The Morgan fingerprint density at radius 2 is 1.72 bits per heavy atom. The Labute approximate surface area is 174 Å². The Balaban J connectivity index is 1.98. The molecule has 150 valence electrons. The van der Waals surface area contributed by atoms with E-state index in [-0.39, 0.29) is 26.9 Å². The topological polar surface area (TPSA) is 86.7 Å². The number of phenolic OH excluding ortho intramolecular Hbond substituents is 1. The van der Waals surface area contributed by atoms with Crippen molar-refractivity contribution in [1.29, 1.82) is 0 Å². The lowest BCUT2D eigenvalue weighted by molar-refractivity contribution is 0.102. The summed E-state index contributed by atoms with van der Waals surface area (Å²) in [5.74, 6) is -0.652. The monoisotopic (exact) mass is 430 g/mol. The molecule has 0 radical (unpaired) electrons. The van der Waals surface area contributed by atoms with E-state index in [1.165, 1.54) is 31.3 Å². The van der Waals surface area contributed by atoms with Crippen LogP contribution in [0.2, 0.25) is 5.02 Å². The second-order valence-electron chi connectivity index (χ2n) is 6.43. The Morgan fingerprint density at radius 1 is 1.03 bits per heavy atom. The molecule has 0 aliphatic carbocycles. The SMILES string of the molecule is Cc1ccc(O)c(N(C)S(=O)(=O)c2cc(C(=O)Nc3ccccc3)ccc2Cl)c1. The summed E-state index contributed by atoms with van der Waals surface area (Å²) in [7, 11) is -2.81. The Hall–Kier alpha value is -3.03. The van der Waals surface area contributed by atoms with E-state index < -0.39 is 15.9 Å². The van der Waals surface area contributed by atoms with Gasteiger partial charge in [0.15, 0.2) is 0 Å². The number of hydrogen-bond donors (Lipinski definition) is 2. The van der Waals surface area contributed by atoms with E-state index in [1.54, 1.807) is 43.3 Å². The lowest BCUT2D eigenvalue weighted by atomic mass is 10.2. The zero-order chi connectivity index (χ0) is 21.2. The molecule has 6 nitrogen and oxygen atoms in total. The van der Waals surface area contributed by atoms with Gasteiger partial charge in [-0.25, -0.2) is 8.42 Å². The number of para-hydroxylation sites is 1. The number of hydrogen-bond acceptors (Lipinski definition) is 4. The second-order valence-corrected chi connectivity index (χ2v) is 8.77. The minimum Gasteiger partial charge on any atom is -0.506 e. The molecule has 3 aromatic carbocycles. The molecule has 0 saturated carbocycles. The number of halogens is 1. The van der Waals surface area contributed by atoms with Crippen LogP contribution in [0.1, 0.15) is 15.9 Å². The first-order chi connectivity index (χ1) is 13.7. The first-order valence-corrected chi connectivity index (χ1v) is 10.5. The van der Waals surface area contributed by atoms with Crippen LogP contribution in [0.25, 0.3) is 0 Å². The minimum absolute atomic E-state index is 0.0275. The number of carbonyl (C=O) groups excluding carboxylic acids is 1. The van der Waals surface area contributed by atoms with E-state index in [1.807, 2.05) is 6.07 Å². The lowest BCUT2D eigenvalue weighted by Crippen LogP contribution is -2.27. The smallest absolute Gasteiger partial charge is 0.265 e. The molecule has 0 fully saturated rings. The van der Waals surface area contributed by atoms with Gasteiger partial charge in [0.1, 0.15) is 10.6 Å². The molecule has 3 aromatic rings. The fraction of sp³-hybridized carbons (Fsp3) is 0.0952.